The first-order valence-electron chi connectivity index (χ1n) is 19.6. The number of para-hydroxylation sites is 4. The first-order chi connectivity index (χ1) is 24.7. The molecule has 8 aliphatic carbocycles. The molecule has 0 aliphatic heterocycles. The maximum atomic E-state index is 5.07. The Balaban J connectivity index is 0.000000133. The van der Waals surface area contributed by atoms with Gasteiger partial charge in [-0.05, 0) is 136 Å². The minimum Gasteiger partial charge on any atom is -0.361 e. The molecule has 8 aliphatic rings. The molecule has 6 heteroatoms. The average molecular weight is 1040 g/mol. The molecular weight excluding hydrogens is 993 g/mol. The van der Waals surface area contributed by atoms with Gasteiger partial charge in [-0.1, -0.05) is 24.3 Å². The predicted molar refractivity (Wildman–Crippen MR) is 200 cm³/mol. The van der Waals surface area contributed by atoms with Gasteiger partial charge in [0.05, 0.1) is 33.7 Å². The number of nitrogens with zero attached hydrogens (tertiary/aromatic N) is 4. The molecule has 0 atom stereocenters. The van der Waals surface area contributed by atoms with E-state index in [9.17, 15) is 0 Å². The summed E-state index contributed by atoms with van der Waals surface area (Å²) in [6.45, 7) is 0. The summed E-state index contributed by atoms with van der Waals surface area (Å²) in [7, 11) is 0. The van der Waals surface area contributed by atoms with Crippen molar-refractivity contribution in [1.82, 2.24) is 19.1 Å². The minimum atomic E-state index is 0. The predicted octanol–water partition coefficient (Wildman–Crippen LogP) is 10.9. The van der Waals surface area contributed by atoms with Gasteiger partial charge in [0.15, 0.2) is 0 Å². The zero-order chi connectivity index (χ0) is 32.8. The Morgan fingerprint density at radius 3 is 1.52 bits per heavy atom. The Morgan fingerprint density at radius 1 is 0.500 bits per heavy atom. The van der Waals surface area contributed by atoms with Crippen molar-refractivity contribution >= 4 is 22.1 Å². The molecule has 4 aromatic carbocycles. The molecule has 14 rings (SSSR count). The molecule has 0 unspecified atom stereocenters. The van der Waals surface area contributed by atoms with E-state index in [2.05, 4.69) is 94.1 Å². The van der Waals surface area contributed by atoms with Crippen LogP contribution in [0.5, 0.6) is 0 Å². The van der Waals surface area contributed by atoms with Crippen LogP contribution in [0.15, 0.2) is 97.1 Å². The van der Waals surface area contributed by atoms with Gasteiger partial charge in [0.25, 0.3) is 0 Å². The zero-order valence-electron chi connectivity index (χ0n) is 29.6. The molecule has 0 amide bonds. The van der Waals surface area contributed by atoms with Crippen molar-refractivity contribution in [3.63, 3.8) is 0 Å². The Kier molecular flexibility index (Phi) is 9.22. The van der Waals surface area contributed by atoms with Gasteiger partial charge in [0, 0.05) is 51.8 Å². The first kappa shape index (κ1) is 34.9. The molecule has 8 fully saturated rings. The standard InChI is InChI=1S/2C23H23N2.2Ir/c1-2-6-19(7-3-1)22-24-20-8-4-5-9-21(20)25(22)23-13-16-10-17(14-23)12-18(11-16)15-23;1-2-6-17(7-3-1)23-24-20-8-4-5-9-21(20)25(23)22-18-11-15-10-16(13-18)14-19(22)12-15;;/h1-6,8-9,16-18H,10-15H2;1-6,8-9,15-16,18-19,22H,10-14H2;;/q2*-1;;. The Bertz CT molecular complexity index is 2120. The summed E-state index contributed by atoms with van der Waals surface area (Å²) in [5.41, 5.74) is 7.43. The van der Waals surface area contributed by atoms with Crippen molar-refractivity contribution in [3.05, 3.63) is 109 Å². The van der Waals surface area contributed by atoms with Crippen LogP contribution in [0.4, 0.5) is 0 Å². The summed E-state index contributed by atoms with van der Waals surface area (Å²) in [4.78, 5) is 10.1. The van der Waals surface area contributed by atoms with Gasteiger partial charge in [-0.2, -0.15) is 0 Å². The van der Waals surface area contributed by atoms with Gasteiger partial charge >= 0.3 is 0 Å². The van der Waals surface area contributed by atoms with Crippen molar-refractivity contribution in [2.45, 2.75) is 82.2 Å². The monoisotopic (exact) mass is 1040 g/mol. The number of aromatic nitrogens is 4. The van der Waals surface area contributed by atoms with Crippen LogP contribution >= 0.6 is 0 Å². The quantitative estimate of drug-likeness (QED) is 0.165. The van der Waals surface area contributed by atoms with Gasteiger partial charge in [0.2, 0.25) is 0 Å². The van der Waals surface area contributed by atoms with Crippen LogP contribution in [0.3, 0.4) is 0 Å². The van der Waals surface area contributed by atoms with Crippen LogP contribution in [0.2, 0.25) is 0 Å². The number of benzene rings is 4. The molecule has 8 bridgehead atoms. The SMILES string of the molecule is [Ir].[Ir].[c-]1ccccc1-c1nc2ccccc2n1C12CC3CC(CC(C3)C1)C2.[c-]1ccccc1-c1nc2ccccc2n1C1C2CC3CC(C2)CC1C3. The second kappa shape index (κ2) is 13.8. The van der Waals surface area contributed by atoms with Crippen LogP contribution in [-0.2, 0) is 45.7 Å². The third-order valence-corrected chi connectivity index (χ3v) is 14.0. The maximum Gasteiger partial charge on any atom is 0.0770 e. The van der Waals surface area contributed by atoms with E-state index in [1.54, 1.807) is 0 Å². The van der Waals surface area contributed by atoms with E-state index in [0.717, 1.165) is 75.2 Å². The molecule has 2 radical (unpaired) electrons. The molecule has 2 aromatic heterocycles. The largest absolute Gasteiger partial charge is 0.361 e. The van der Waals surface area contributed by atoms with E-state index in [0.29, 0.717) is 6.04 Å². The van der Waals surface area contributed by atoms with Gasteiger partial charge < -0.3 is 9.13 Å². The Labute approximate surface area is 334 Å². The molecular formula is C46H46Ir2N4-2. The van der Waals surface area contributed by atoms with Gasteiger partial charge in [-0.15, -0.1) is 71.8 Å². The Morgan fingerprint density at radius 2 is 0.962 bits per heavy atom. The van der Waals surface area contributed by atoms with Crippen LogP contribution in [0.1, 0.15) is 76.7 Å². The van der Waals surface area contributed by atoms with Crippen molar-refractivity contribution < 1.29 is 40.2 Å². The molecule has 4 nitrogen and oxygen atoms in total. The van der Waals surface area contributed by atoms with Crippen LogP contribution in [0.25, 0.3) is 44.8 Å². The molecule has 2 heterocycles. The van der Waals surface area contributed by atoms with Crippen molar-refractivity contribution in [2.75, 3.05) is 0 Å². The third kappa shape index (κ3) is 5.74. The molecule has 0 spiro atoms. The van der Waals surface area contributed by atoms with Crippen LogP contribution < -0.4 is 0 Å². The normalized spacial score (nSPS) is 31.9. The molecule has 0 N–H and O–H groups in total. The maximum absolute atomic E-state index is 5.07. The number of hydrogen-bond acceptors (Lipinski definition) is 2. The van der Waals surface area contributed by atoms with E-state index in [1.807, 2.05) is 24.3 Å². The molecule has 270 valence electrons. The molecule has 8 saturated carbocycles. The van der Waals surface area contributed by atoms with E-state index in [4.69, 9.17) is 9.97 Å². The number of imidazole rings is 2. The fraction of sp³-hybridized carbons (Fsp3) is 0.435. The van der Waals surface area contributed by atoms with Crippen molar-refractivity contribution in [3.8, 4) is 22.8 Å². The number of rotatable bonds is 4. The van der Waals surface area contributed by atoms with E-state index in [-0.39, 0.29) is 45.7 Å². The van der Waals surface area contributed by atoms with Crippen molar-refractivity contribution in [2.24, 2.45) is 41.4 Å². The second-order valence-corrected chi connectivity index (χ2v) is 17.2. The molecule has 0 saturated heterocycles. The summed E-state index contributed by atoms with van der Waals surface area (Å²) < 4.78 is 5.24. The van der Waals surface area contributed by atoms with Gasteiger partial charge in [-0.3, -0.25) is 9.97 Å². The summed E-state index contributed by atoms with van der Waals surface area (Å²) in [6.07, 6.45) is 15.7. The minimum absolute atomic E-state index is 0. The second-order valence-electron chi connectivity index (χ2n) is 17.2. The summed E-state index contributed by atoms with van der Waals surface area (Å²) in [6, 6.07) is 41.5. The fourth-order valence-corrected chi connectivity index (χ4v) is 12.9. The van der Waals surface area contributed by atoms with Crippen LogP contribution in [0, 0.1) is 53.6 Å². The average Bonchev–Trinajstić information content (AvgIpc) is 3.72. The van der Waals surface area contributed by atoms with E-state index < -0.39 is 0 Å². The van der Waals surface area contributed by atoms with Crippen LogP contribution in [-0.4, -0.2) is 19.1 Å². The summed E-state index contributed by atoms with van der Waals surface area (Å²) in [5.74, 6) is 8.73. The molecule has 6 aromatic rings. The van der Waals surface area contributed by atoms with Crippen molar-refractivity contribution in [1.29, 1.82) is 0 Å². The Hall–Kier alpha value is -2.88. The zero-order valence-corrected chi connectivity index (χ0v) is 34.4. The van der Waals surface area contributed by atoms with E-state index >= 15 is 0 Å². The smallest absolute Gasteiger partial charge is 0.0770 e. The van der Waals surface area contributed by atoms with Gasteiger partial charge in [-0.25, -0.2) is 0 Å². The first-order valence-corrected chi connectivity index (χ1v) is 19.6. The number of hydrogen-bond donors (Lipinski definition) is 0. The summed E-state index contributed by atoms with van der Waals surface area (Å²) >= 11 is 0. The van der Waals surface area contributed by atoms with E-state index in [1.165, 1.54) is 81.7 Å². The third-order valence-electron chi connectivity index (χ3n) is 14.0. The van der Waals surface area contributed by atoms with Gasteiger partial charge in [0.1, 0.15) is 0 Å². The molecule has 52 heavy (non-hydrogen) atoms. The fourth-order valence-electron chi connectivity index (χ4n) is 12.9. The number of fused-ring (bicyclic) bond motifs is 2. The summed E-state index contributed by atoms with van der Waals surface area (Å²) in [5, 5.41) is 0. The topological polar surface area (TPSA) is 35.6 Å².